The number of hydrazine groups is 1. The lowest BCUT2D eigenvalue weighted by atomic mass is 10.1. The van der Waals surface area contributed by atoms with Crippen LogP contribution in [0.3, 0.4) is 0 Å². The molecule has 34 heavy (non-hydrogen) atoms. The summed E-state index contributed by atoms with van der Waals surface area (Å²) >= 11 is 14.5. The van der Waals surface area contributed by atoms with Gasteiger partial charge in [0, 0.05) is 63.6 Å². The van der Waals surface area contributed by atoms with E-state index in [0.29, 0.717) is 22.4 Å². The fourth-order valence-electron chi connectivity index (χ4n) is 4.03. The van der Waals surface area contributed by atoms with E-state index in [1.807, 2.05) is 31.5 Å². The van der Waals surface area contributed by atoms with Crippen LogP contribution in [0.1, 0.15) is 5.56 Å². The van der Waals surface area contributed by atoms with E-state index in [2.05, 4.69) is 43.4 Å². The maximum absolute atomic E-state index is 6.44. The zero-order valence-electron chi connectivity index (χ0n) is 19.5. The number of hydrogen-bond acceptors (Lipinski definition) is 8. The minimum atomic E-state index is -0.243. The van der Waals surface area contributed by atoms with E-state index < -0.39 is 0 Å². The summed E-state index contributed by atoms with van der Waals surface area (Å²) in [6.45, 7) is 3.58. The van der Waals surface area contributed by atoms with Crippen molar-refractivity contribution in [1.29, 1.82) is 0 Å². The zero-order chi connectivity index (χ0) is 24.5. The Labute approximate surface area is 215 Å². The highest BCUT2D eigenvalue weighted by Gasteiger charge is 2.33. The summed E-state index contributed by atoms with van der Waals surface area (Å²) in [5.74, 6) is 13.8. The van der Waals surface area contributed by atoms with Gasteiger partial charge in [-0.3, -0.25) is 14.9 Å². The van der Waals surface area contributed by atoms with Gasteiger partial charge in [0.1, 0.15) is 6.04 Å². The van der Waals surface area contributed by atoms with E-state index in [1.54, 1.807) is 29.2 Å². The van der Waals surface area contributed by atoms with E-state index in [-0.39, 0.29) is 6.04 Å². The predicted octanol–water partition coefficient (Wildman–Crippen LogP) is 2.95. The lowest BCUT2D eigenvalue weighted by Crippen LogP contribution is -2.59. The molecule has 3 rings (SSSR count). The first-order valence-corrected chi connectivity index (χ1v) is 13.2. The Bertz CT molecular complexity index is 960. The van der Waals surface area contributed by atoms with Crippen LogP contribution >= 0.6 is 35.0 Å². The van der Waals surface area contributed by atoms with Gasteiger partial charge in [0.25, 0.3) is 0 Å². The summed E-state index contributed by atoms with van der Waals surface area (Å²) in [4.78, 5) is 8.58. The Morgan fingerprint density at radius 2 is 1.85 bits per heavy atom. The molecule has 1 aromatic carbocycles. The van der Waals surface area contributed by atoms with Gasteiger partial charge in [0.15, 0.2) is 5.84 Å². The van der Waals surface area contributed by atoms with E-state index in [1.165, 1.54) is 0 Å². The molecule has 0 spiro atoms. The smallest absolute Gasteiger partial charge is 0.162 e. The molecule has 0 radical (unpaired) electrons. The minimum Gasteiger partial charge on any atom is -0.390 e. The Balaban J connectivity index is 1.90. The summed E-state index contributed by atoms with van der Waals surface area (Å²) in [6.07, 6.45) is 7.41. The molecular weight excluding hydrogens is 491 g/mol. The Morgan fingerprint density at radius 1 is 1.21 bits per heavy atom. The number of hydrogen-bond donors (Lipinski definition) is 3. The lowest BCUT2D eigenvalue weighted by molar-refractivity contribution is 0.230. The number of rotatable bonds is 9. The summed E-state index contributed by atoms with van der Waals surface area (Å²) in [6, 6.07) is 9.91. The number of pyridine rings is 1. The molecule has 1 aliphatic rings. The van der Waals surface area contributed by atoms with Crippen LogP contribution in [0.25, 0.3) is 6.08 Å². The molecule has 1 saturated heterocycles. The van der Waals surface area contributed by atoms with Crippen LogP contribution in [-0.2, 0) is 0 Å². The van der Waals surface area contributed by atoms with Crippen molar-refractivity contribution < 1.29 is 0 Å². The predicted molar refractivity (Wildman–Crippen MR) is 146 cm³/mol. The Kier molecular flexibility index (Phi) is 10.2. The SMILES string of the molecule is CN/C(=C\c1ccccc1)C(/C(=N/N)N(N)CCSC)N1CCN(c2c(Cl)cncc2Cl)CC1. The van der Waals surface area contributed by atoms with Crippen LogP contribution in [0.5, 0.6) is 0 Å². The summed E-state index contributed by atoms with van der Waals surface area (Å²) in [7, 11) is 1.91. The van der Waals surface area contributed by atoms with Crippen molar-refractivity contribution in [3.05, 3.63) is 64.0 Å². The molecule has 2 aromatic rings. The number of benzene rings is 1. The van der Waals surface area contributed by atoms with Crippen LogP contribution in [-0.4, -0.2) is 78.6 Å². The summed E-state index contributed by atoms with van der Waals surface area (Å²) in [5, 5.41) is 10.3. The standard InChI is InChI=1S/C23H32Cl2N8S/c1-28-20(14-17-6-4-3-5-7-17)22(23(30-26)33(27)12-13-34-2)32-10-8-31(9-11-32)21-18(24)15-29-16-19(21)25/h3-7,14-16,22,28H,8-13,26-27H2,1-2H3/b20-14-,30-23-. The number of likely N-dealkylation sites (N-methyl/N-ethyl adjacent to an activating group) is 1. The maximum Gasteiger partial charge on any atom is 0.162 e. The third-order valence-electron chi connectivity index (χ3n) is 5.74. The number of hydrazone groups is 1. The fourth-order valence-corrected chi connectivity index (χ4v) is 5.02. The monoisotopic (exact) mass is 522 g/mol. The molecule has 0 bridgehead atoms. The molecule has 0 aliphatic carbocycles. The van der Waals surface area contributed by atoms with Crippen molar-refractivity contribution >= 4 is 52.6 Å². The largest absolute Gasteiger partial charge is 0.390 e. The molecule has 11 heteroatoms. The highest BCUT2D eigenvalue weighted by atomic mass is 35.5. The average Bonchev–Trinajstić information content (AvgIpc) is 2.85. The van der Waals surface area contributed by atoms with Gasteiger partial charge < -0.3 is 16.1 Å². The van der Waals surface area contributed by atoms with Crippen LogP contribution in [0, 0.1) is 0 Å². The number of aromatic nitrogens is 1. The topological polar surface area (TPSA) is 99.0 Å². The third kappa shape index (κ3) is 6.49. The van der Waals surface area contributed by atoms with Crippen molar-refractivity contribution in [2.24, 2.45) is 16.8 Å². The van der Waals surface area contributed by atoms with Crippen molar-refractivity contribution in [1.82, 2.24) is 20.2 Å². The van der Waals surface area contributed by atoms with Crippen LogP contribution in [0.2, 0.25) is 10.0 Å². The second-order valence-corrected chi connectivity index (χ2v) is 9.61. The molecule has 5 N–H and O–H groups in total. The number of amidine groups is 1. The quantitative estimate of drug-likeness (QED) is 0.200. The van der Waals surface area contributed by atoms with Crippen molar-refractivity contribution in [3.8, 4) is 0 Å². The Morgan fingerprint density at radius 3 is 2.41 bits per heavy atom. The first-order chi connectivity index (χ1) is 16.5. The highest BCUT2D eigenvalue weighted by Crippen LogP contribution is 2.33. The molecule has 1 aliphatic heterocycles. The molecule has 0 amide bonds. The molecule has 1 unspecified atom stereocenters. The minimum absolute atomic E-state index is 0.243. The number of nitrogens with two attached hydrogens (primary N) is 2. The van der Waals surface area contributed by atoms with Crippen LogP contribution in [0.15, 0.2) is 53.5 Å². The van der Waals surface area contributed by atoms with Gasteiger partial charge in [-0.05, 0) is 17.9 Å². The molecule has 184 valence electrons. The first-order valence-electron chi connectivity index (χ1n) is 11.0. The van der Waals surface area contributed by atoms with Gasteiger partial charge in [0.2, 0.25) is 0 Å². The molecular formula is C23H32Cl2N8S. The van der Waals surface area contributed by atoms with Gasteiger partial charge >= 0.3 is 0 Å². The number of thioether (sulfide) groups is 1. The van der Waals surface area contributed by atoms with Crippen molar-refractivity contribution in [2.75, 3.05) is 56.7 Å². The van der Waals surface area contributed by atoms with E-state index in [9.17, 15) is 0 Å². The molecule has 0 saturated carbocycles. The normalized spacial score (nSPS) is 16.4. The van der Waals surface area contributed by atoms with E-state index >= 15 is 0 Å². The highest BCUT2D eigenvalue weighted by molar-refractivity contribution is 7.98. The number of nitrogens with zero attached hydrogens (tertiary/aromatic N) is 5. The van der Waals surface area contributed by atoms with Gasteiger partial charge in [-0.1, -0.05) is 53.5 Å². The second-order valence-electron chi connectivity index (χ2n) is 7.81. The summed E-state index contributed by atoms with van der Waals surface area (Å²) < 4.78 is 0. The first kappa shape index (κ1) is 26.4. The maximum atomic E-state index is 6.44. The van der Waals surface area contributed by atoms with Crippen molar-refractivity contribution in [2.45, 2.75) is 6.04 Å². The number of halogens is 2. The van der Waals surface area contributed by atoms with Crippen LogP contribution in [0.4, 0.5) is 5.69 Å². The van der Waals surface area contributed by atoms with E-state index in [4.69, 9.17) is 34.9 Å². The fraction of sp³-hybridized carbons (Fsp3) is 0.391. The Hall–Kier alpha value is -2.17. The molecule has 1 aromatic heterocycles. The van der Waals surface area contributed by atoms with Crippen LogP contribution < -0.4 is 21.9 Å². The van der Waals surface area contributed by atoms with Crippen molar-refractivity contribution in [3.63, 3.8) is 0 Å². The molecule has 2 heterocycles. The lowest BCUT2D eigenvalue weighted by Gasteiger charge is -2.42. The van der Waals surface area contributed by atoms with Gasteiger partial charge in [0.05, 0.1) is 15.7 Å². The van der Waals surface area contributed by atoms with Gasteiger partial charge in [-0.25, -0.2) is 5.84 Å². The third-order valence-corrected chi connectivity index (χ3v) is 6.88. The number of nitrogens with one attached hydrogen (secondary N) is 1. The zero-order valence-corrected chi connectivity index (χ0v) is 21.8. The number of anilines is 1. The van der Waals surface area contributed by atoms with E-state index in [0.717, 1.165) is 48.9 Å². The molecule has 8 nitrogen and oxygen atoms in total. The molecule has 1 fully saturated rings. The molecule has 1 atom stereocenters. The van der Waals surface area contributed by atoms with Gasteiger partial charge in [-0.15, -0.1) is 0 Å². The van der Waals surface area contributed by atoms with Gasteiger partial charge in [-0.2, -0.15) is 16.9 Å². The summed E-state index contributed by atoms with van der Waals surface area (Å²) in [5.41, 5.74) is 2.86. The second kappa shape index (κ2) is 13.1. The number of piperazine rings is 1. The average molecular weight is 524 g/mol.